The molecular weight excluding hydrogens is 292 g/mol. The Hall–Kier alpha value is -1.06. The smallest absolute Gasteiger partial charge is 0.310 e. The van der Waals surface area contributed by atoms with Crippen LogP contribution in [0.15, 0.2) is 0 Å². The number of ether oxygens (including phenoxy) is 2. The Balaban J connectivity index is 2.15. The van der Waals surface area contributed by atoms with Gasteiger partial charge >= 0.3 is 11.9 Å². The minimum Gasteiger partial charge on any atom is -0.465 e. The van der Waals surface area contributed by atoms with Crippen LogP contribution in [-0.4, -0.2) is 25.2 Å². The number of fused-ring (bicyclic) bond motifs is 2. The third kappa shape index (κ3) is 3.56. The maximum atomic E-state index is 12.7. The molecule has 0 aliphatic heterocycles. The maximum absolute atomic E-state index is 12.7. The highest BCUT2D eigenvalue weighted by atomic mass is 16.5. The summed E-state index contributed by atoms with van der Waals surface area (Å²) in [7, 11) is 0. The van der Waals surface area contributed by atoms with Gasteiger partial charge < -0.3 is 9.47 Å². The van der Waals surface area contributed by atoms with Crippen molar-refractivity contribution < 1.29 is 19.1 Å². The average Bonchev–Trinajstić information content (AvgIpc) is 2.88. The first-order valence-electron chi connectivity index (χ1n) is 8.99. The molecule has 2 aliphatic rings. The second-order valence-electron chi connectivity index (χ2n) is 8.71. The molecule has 132 valence electrons. The zero-order chi connectivity index (χ0) is 17.4. The second kappa shape index (κ2) is 6.82. The van der Waals surface area contributed by atoms with Gasteiger partial charge in [0.2, 0.25) is 0 Å². The number of hydrogen-bond acceptors (Lipinski definition) is 4. The van der Waals surface area contributed by atoms with Crippen molar-refractivity contribution in [2.75, 3.05) is 13.2 Å². The Morgan fingerprint density at radius 2 is 1.22 bits per heavy atom. The fourth-order valence-corrected chi connectivity index (χ4v) is 4.48. The molecule has 0 N–H and O–H groups in total. The molecule has 4 heteroatoms. The lowest BCUT2D eigenvalue weighted by atomic mass is 9.79. The average molecular weight is 324 g/mol. The van der Waals surface area contributed by atoms with Crippen molar-refractivity contribution in [1.29, 1.82) is 0 Å². The second-order valence-corrected chi connectivity index (χ2v) is 8.71. The lowest BCUT2D eigenvalue weighted by Crippen LogP contribution is -2.37. The van der Waals surface area contributed by atoms with Crippen molar-refractivity contribution >= 4 is 11.9 Å². The molecule has 0 radical (unpaired) electrons. The van der Waals surface area contributed by atoms with E-state index in [2.05, 4.69) is 13.8 Å². The molecule has 4 nitrogen and oxygen atoms in total. The molecule has 0 heterocycles. The van der Waals surface area contributed by atoms with Crippen LogP contribution >= 0.6 is 0 Å². The summed E-state index contributed by atoms with van der Waals surface area (Å²) in [5, 5.41) is 0. The molecular formula is C19H32O4. The fraction of sp³-hybridized carbons (Fsp3) is 0.895. The van der Waals surface area contributed by atoms with Gasteiger partial charge in [-0.15, -0.1) is 0 Å². The van der Waals surface area contributed by atoms with Gasteiger partial charge in [0.05, 0.1) is 25.0 Å². The first kappa shape index (κ1) is 18.3. The molecule has 23 heavy (non-hydrogen) atoms. The van der Waals surface area contributed by atoms with Crippen molar-refractivity contribution in [3.05, 3.63) is 0 Å². The van der Waals surface area contributed by atoms with Gasteiger partial charge in [0.25, 0.3) is 0 Å². The van der Waals surface area contributed by atoms with Gasteiger partial charge in [-0.2, -0.15) is 0 Å². The van der Waals surface area contributed by atoms with E-state index in [4.69, 9.17) is 9.47 Å². The third-order valence-electron chi connectivity index (χ3n) is 5.62. The van der Waals surface area contributed by atoms with E-state index in [9.17, 15) is 9.59 Å². The zero-order valence-corrected chi connectivity index (χ0v) is 15.4. The van der Waals surface area contributed by atoms with E-state index in [1.165, 1.54) is 0 Å². The summed E-state index contributed by atoms with van der Waals surface area (Å²) < 4.78 is 11.0. The quantitative estimate of drug-likeness (QED) is 0.699. The van der Waals surface area contributed by atoms with E-state index in [0.29, 0.717) is 25.0 Å². The summed E-state index contributed by atoms with van der Waals surface area (Å²) >= 11 is 0. The Morgan fingerprint density at radius 3 is 1.52 bits per heavy atom. The van der Waals surface area contributed by atoms with E-state index < -0.39 is 0 Å². The molecule has 2 aliphatic carbocycles. The van der Waals surface area contributed by atoms with Crippen molar-refractivity contribution in [2.45, 2.75) is 54.4 Å². The lowest BCUT2D eigenvalue weighted by molar-refractivity contribution is -0.164. The van der Waals surface area contributed by atoms with Gasteiger partial charge in [0, 0.05) is 0 Å². The highest BCUT2D eigenvalue weighted by Gasteiger charge is 2.64. The predicted octanol–water partition coefficient (Wildman–Crippen LogP) is 3.68. The zero-order valence-electron chi connectivity index (χ0n) is 15.4. The Kier molecular flexibility index (Phi) is 5.42. The van der Waals surface area contributed by atoms with E-state index in [-0.39, 0.29) is 41.0 Å². The first-order chi connectivity index (χ1) is 10.7. The maximum Gasteiger partial charge on any atom is 0.310 e. The van der Waals surface area contributed by atoms with Crippen LogP contribution in [0.2, 0.25) is 0 Å². The van der Waals surface area contributed by atoms with Gasteiger partial charge in [-0.1, -0.05) is 41.5 Å². The molecule has 0 aromatic carbocycles. The molecule has 0 aromatic rings. The highest BCUT2D eigenvalue weighted by Crippen LogP contribution is 2.63. The van der Waals surface area contributed by atoms with Crippen LogP contribution in [-0.2, 0) is 19.1 Å². The summed E-state index contributed by atoms with van der Waals surface area (Å²) in [5.41, 5.74) is 0.00301. The number of hydrogen-bond donors (Lipinski definition) is 0. The van der Waals surface area contributed by atoms with Crippen molar-refractivity contribution in [3.8, 4) is 0 Å². The topological polar surface area (TPSA) is 52.6 Å². The van der Waals surface area contributed by atoms with Crippen molar-refractivity contribution in [2.24, 2.45) is 40.9 Å². The van der Waals surface area contributed by atoms with Crippen LogP contribution in [0, 0.1) is 40.9 Å². The van der Waals surface area contributed by atoms with Gasteiger partial charge in [-0.3, -0.25) is 9.59 Å². The van der Waals surface area contributed by atoms with Crippen LogP contribution in [0.4, 0.5) is 0 Å². The number of carbonyl (C=O) groups is 2. The molecule has 2 fully saturated rings. The SMILES string of the molecule is CC(C)COC(=O)C1C(C(=O)OCC(C)C)C2CCC1C2(C)C. The molecule has 0 saturated heterocycles. The number of esters is 2. The van der Waals surface area contributed by atoms with E-state index in [0.717, 1.165) is 12.8 Å². The first-order valence-corrected chi connectivity index (χ1v) is 8.99. The standard InChI is InChI=1S/C19H32O4/c1-11(2)9-22-17(20)15-13-7-8-14(19(13,5)6)16(15)18(21)23-10-12(3)4/h11-16H,7-10H2,1-6H3. The summed E-state index contributed by atoms with van der Waals surface area (Å²) in [5.74, 6) is -0.0124. The molecule has 0 spiro atoms. The van der Waals surface area contributed by atoms with Gasteiger partial charge in [0.1, 0.15) is 0 Å². The molecule has 2 saturated carbocycles. The van der Waals surface area contributed by atoms with Gasteiger partial charge in [0.15, 0.2) is 0 Å². The molecule has 4 unspecified atom stereocenters. The Labute approximate surface area is 140 Å². The molecule has 4 atom stereocenters. The molecule has 0 aromatic heterocycles. The van der Waals surface area contributed by atoms with Crippen LogP contribution in [0.25, 0.3) is 0 Å². The third-order valence-corrected chi connectivity index (χ3v) is 5.62. The largest absolute Gasteiger partial charge is 0.465 e. The Morgan fingerprint density at radius 1 is 0.870 bits per heavy atom. The number of carbonyl (C=O) groups excluding carboxylic acids is 2. The van der Waals surface area contributed by atoms with E-state index in [1.807, 2.05) is 27.7 Å². The van der Waals surface area contributed by atoms with Crippen LogP contribution in [0.3, 0.4) is 0 Å². The Bertz CT molecular complexity index is 412. The molecule has 2 bridgehead atoms. The minimum atomic E-state index is -0.331. The van der Waals surface area contributed by atoms with Crippen LogP contribution in [0.1, 0.15) is 54.4 Å². The monoisotopic (exact) mass is 324 g/mol. The van der Waals surface area contributed by atoms with Crippen molar-refractivity contribution in [3.63, 3.8) is 0 Å². The van der Waals surface area contributed by atoms with Crippen LogP contribution < -0.4 is 0 Å². The van der Waals surface area contributed by atoms with Crippen LogP contribution in [0.5, 0.6) is 0 Å². The van der Waals surface area contributed by atoms with E-state index in [1.54, 1.807) is 0 Å². The minimum absolute atomic E-state index is 0.00301. The summed E-state index contributed by atoms with van der Waals surface area (Å²) in [4.78, 5) is 25.3. The summed E-state index contributed by atoms with van der Waals surface area (Å²) in [6.07, 6.45) is 2.01. The predicted molar refractivity (Wildman–Crippen MR) is 88.6 cm³/mol. The molecule has 2 rings (SSSR count). The molecule has 0 amide bonds. The number of rotatable bonds is 6. The van der Waals surface area contributed by atoms with Crippen molar-refractivity contribution in [1.82, 2.24) is 0 Å². The van der Waals surface area contributed by atoms with Gasteiger partial charge in [-0.05, 0) is 41.9 Å². The fourth-order valence-electron chi connectivity index (χ4n) is 4.48. The summed E-state index contributed by atoms with van der Waals surface area (Å²) in [6, 6.07) is 0. The lowest BCUT2D eigenvalue weighted by Gasteiger charge is -2.28. The van der Waals surface area contributed by atoms with E-state index >= 15 is 0 Å². The summed E-state index contributed by atoms with van der Waals surface area (Å²) in [6.45, 7) is 13.3. The van der Waals surface area contributed by atoms with Gasteiger partial charge in [-0.25, -0.2) is 0 Å². The highest BCUT2D eigenvalue weighted by molar-refractivity contribution is 5.84. The normalized spacial score (nSPS) is 31.7.